The zero-order valence-corrected chi connectivity index (χ0v) is 14.0. The van der Waals surface area contributed by atoms with Gasteiger partial charge >= 0.3 is 5.69 Å². The van der Waals surface area contributed by atoms with Gasteiger partial charge in [-0.3, -0.25) is 9.47 Å². The summed E-state index contributed by atoms with van der Waals surface area (Å²) in [5, 5.41) is 6.82. The molecule has 1 N–H and O–H groups in total. The predicted molar refractivity (Wildman–Crippen MR) is 88.3 cm³/mol. The van der Waals surface area contributed by atoms with Crippen molar-refractivity contribution in [2.24, 2.45) is 0 Å². The van der Waals surface area contributed by atoms with Crippen LogP contribution in [0.1, 0.15) is 50.7 Å². The summed E-state index contributed by atoms with van der Waals surface area (Å²) in [6.45, 7) is 8.83. The van der Waals surface area contributed by atoms with Crippen molar-refractivity contribution in [2.75, 3.05) is 13.1 Å². The molecule has 0 bridgehead atoms. The summed E-state index contributed by atoms with van der Waals surface area (Å²) < 4.78 is 4.00. The minimum atomic E-state index is -0.0912. The Kier molecular flexibility index (Phi) is 4.95. The van der Waals surface area contributed by atoms with Crippen LogP contribution in [0.4, 0.5) is 0 Å². The van der Waals surface area contributed by atoms with Crippen molar-refractivity contribution >= 4 is 0 Å². The highest BCUT2D eigenvalue weighted by Gasteiger charge is 2.25. The second kappa shape index (κ2) is 7.12. The van der Waals surface area contributed by atoms with E-state index in [0.717, 1.165) is 57.1 Å². The average molecular weight is 318 g/mol. The van der Waals surface area contributed by atoms with Gasteiger partial charge in [0, 0.05) is 31.4 Å². The molecule has 1 aliphatic heterocycles. The SMILES string of the molecule is CCCn1ccnc1CN1CCC(c2n[nH]c(=O)n2CC)CC1. The maximum atomic E-state index is 11.7. The van der Waals surface area contributed by atoms with Crippen molar-refractivity contribution in [1.82, 2.24) is 29.2 Å². The van der Waals surface area contributed by atoms with Gasteiger partial charge in [0.25, 0.3) is 0 Å². The Morgan fingerprint density at radius 1 is 1.30 bits per heavy atom. The minimum absolute atomic E-state index is 0.0912. The summed E-state index contributed by atoms with van der Waals surface area (Å²) in [6, 6.07) is 0. The van der Waals surface area contributed by atoms with E-state index in [1.165, 1.54) is 0 Å². The van der Waals surface area contributed by atoms with Crippen LogP contribution >= 0.6 is 0 Å². The lowest BCUT2D eigenvalue weighted by Gasteiger charge is -2.31. The number of imidazole rings is 1. The highest BCUT2D eigenvalue weighted by atomic mass is 16.1. The standard InChI is InChI=1S/C16H26N6O/c1-3-8-21-11-7-17-14(21)12-20-9-5-13(6-10-20)15-18-19-16(23)22(15)4-2/h7,11,13H,3-6,8-10,12H2,1-2H3,(H,19,23). The first kappa shape index (κ1) is 16.0. The molecule has 0 radical (unpaired) electrons. The van der Waals surface area contributed by atoms with E-state index in [9.17, 15) is 4.79 Å². The van der Waals surface area contributed by atoms with Crippen LogP contribution in [0.3, 0.4) is 0 Å². The molecule has 1 fully saturated rings. The first-order valence-electron chi connectivity index (χ1n) is 8.60. The van der Waals surface area contributed by atoms with Crippen molar-refractivity contribution in [3.05, 3.63) is 34.5 Å². The van der Waals surface area contributed by atoms with E-state index < -0.39 is 0 Å². The van der Waals surface area contributed by atoms with Crippen LogP contribution in [-0.4, -0.2) is 42.3 Å². The Bertz CT molecular complexity index is 677. The fourth-order valence-electron chi connectivity index (χ4n) is 3.43. The number of aromatic nitrogens is 5. The number of nitrogens with zero attached hydrogens (tertiary/aromatic N) is 5. The van der Waals surface area contributed by atoms with E-state index >= 15 is 0 Å². The smallest absolute Gasteiger partial charge is 0.334 e. The van der Waals surface area contributed by atoms with Crippen LogP contribution in [0.2, 0.25) is 0 Å². The molecule has 3 heterocycles. The maximum Gasteiger partial charge on any atom is 0.343 e. The normalized spacial score (nSPS) is 17.0. The van der Waals surface area contributed by atoms with Crippen LogP contribution in [0.5, 0.6) is 0 Å². The third kappa shape index (κ3) is 3.39. The molecule has 2 aromatic rings. The zero-order valence-electron chi connectivity index (χ0n) is 14.0. The predicted octanol–water partition coefficient (Wildman–Crippen LogP) is 1.58. The lowest BCUT2D eigenvalue weighted by Crippen LogP contribution is -2.34. The quantitative estimate of drug-likeness (QED) is 0.878. The lowest BCUT2D eigenvalue weighted by molar-refractivity contribution is 0.193. The number of aryl methyl sites for hydroxylation is 1. The average Bonchev–Trinajstić information content (AvgIpc) is 3.15. The molecule has 126 valence electrons. The van der Waals surface area contributed by atoms with Gasteiger partial charge in [-0.2, -0.15) is 5.10 Å². The number of aromatic amines is 1. The fourth-order valence-corrected chi connectivity index (χ4v) is 3.43. The van der Waals surface area contributed by atoms with Gasteiger partial charge in [0.15, 0.2) is 0 Å². The second-order valence-corrected chi connectivity index (χ2v) is 6.22. The summed E-state index contributed by atoms with van der Waals surface area (Å²) >= 11 is 0. The molecule has 23 heavy (non-hydrogen) atoms. The molecule has 7 heteroatoms. The van der Waals surface area contributed by atoms with Crippen LogP contribution < -0.4 is 5.69 Å². The molecule has 0 aliphatic carbocycles. The summed E-state index contributed by atoms with van der Waals surface area (Å²) in [6.07, 6.45) is 7.16. The van der Waals surface area contributed by atoms with E-state index in [4.69, 9.17) is 0 Å². The van der Waals surface area contributed by atoms with Gasteiger partial charge in [-0.1, -0.05) is 6.92 Å². The number of piperidine rings is 1. The Morgan fingerprint density at radius 3 is 2.78 bits per heavy atom. The van der Waals surface area contributed by atoms with Gasteiger partial charge in [0.05, 0.1) is 6.54 Å². The first-order chi connectivity index (χ1) is 11.2. The third-order valence-corrected chi connectivity index (χ3v) is 4.69. The molecule has 1 saturated heterocycles. The van der Waals surface area contributed by atoms with Crippen LogP contribution in [0, 0.1) is 0 Å². The Morgan fingerprint density at radius 2 is 2.09 bits per heavy atom. The monoisotopic (exact) mass is 318 g/mol. The molecule has 0 spiro atoms. The molecule has 2 aromatic heterocycles. The minimum Gasteiger partial charge on any atom is -0.334 e. The van der Waals surface area contributed by atoms with Crippen LogP contribution in [0.25, 0.3) is 0 Å². The van der Waals surface area contributed by atoms with Gasteiger partial charge in [-0.25, -0.2) is 14.9 Å². The van der Waals surface area contributed by atoms with Crippen molar-refractivity contribution in [3.8, 4) is 0 Å². The number of nitrogens with one attached hydrogen (secondary N) is 1. The zero-order chi connectivity index (χ0) is 16.2. The van der Waals surface area contributed by atoms with Crippen molar-refractivity contribution in [1.29, 1.82) is 0 Å². The van der Waals surface area contributed by atoms with E-state index in [1.807, 2.05) is 13.1 Å². The Hall–Kier alpha value is -1.89. The molecule has 1 aliphatic rings. The number of hydrogen-bond donors (Lipinski definition) is 1. The molecule has 0 saturated carbocycles. The molecular weight excluding hydrogens is 292 g/mol. The molecule has 7 nitrogen and oxygen atoms in total. The van der Waals surface area contributed by atoms with Gasteiger partial charge in [-0.05, 0) is 39.3 Å². The lowest BCUT2D eigenvalue weighted by atomic mass is 9.96. The molecule has 0 aromatic carbocycles. The van der Waals surface area contributed by atoms with Gasteiger partial charge < -0.3 is 4.57 Å². The topological polar surface area (TPSA) is 71.7 Å². The molecular formula is C16H26N6O. The van der Waals surface area contributed by atoms with Crippen LogP contribution in [0.15, 0.2) is 17.2 Å². The summed E-state index contributed by atoms with van der Waals surface area (Å²) in [5.74, 6) is 2.45. The first-order valence-corrected chi connectivity index (χ1v) is 8.60. The van der Waals surface area contributed by atoms with Gasteiger partial charge in [0.1, 0.15) is 11.6 Å². The van der Waals surface area contributed by atoms with Crippen molar-refractivity contribution in [3.63, 3.8) is 0 Å². The molecule has 0 unspecified atom stereocenters. The molecule has 0 amide bonds. The Labute approximate surface area is 136 Å². The van der Waals surface area contributed by atoms with E-state index in [1.54, 1.807) is 4.57 Å². The Balaban J connectivity index is 1.60. The summed E-state index contributed by atoms with van der Waals surface area (Å²) in [7, 11) is 0. The van der Waals surface area contributed by atoms with Gasteiger partial charge in [-0.15, -0.1) is 0 Å². The van der Waals surface area contributed by atoms with Gasteiger partial charge in [0.2, 0.25) is 0 Å². The van der Waals surface area contributed by atoms with E-state index in [2.05, 4.69) is 37.8 Å². The number of H-pyrrole nitrogens is 1. The third-order valence-electron chi connectivity index (χ3n) is 4.69. The fraction of sp³-hybridized carbons (Fsp3) is 0.688. The second-order valence-electron chi connectivity index (χ2n) is 6.22. The number of hydrogen-bond acceptors (Lipinski definition) is 4. The van der Waals surface area contributed by atoms with E-state index in [0.29, 0.717) is 12.5 Å². The maximum absolute atomic E-state index is 11.7. The largest absolute Gasteiger partial charge is 0.343 e. The molecule has 3 rings (SSSR count). The van der Waals surface area contributed by atoms with Crippen molar-refractivity contribution in [2.45, 2.75) is 58.7 Å². The number of rotatable bonds is 6. The van der Waals surface area contributed by atoms with Crippen LogP contribution in [-0.2, 0) is 19.6 Å². The number of likely N-dealkylation sites (tertiary alicyclic amines) is 1. The highest BCUT2D eigenvalue weighted by Crippen LogP contribution is 2.26. The summed E-state index contributed by atoms with van der Waals surface area (Å²) in [5.41, 5.74) is -0.0912. The summed E-state index contributed by atoms with van der Waals surface area (Å²) in [4.78, 5) is 18.7. The van der Waals surface area contributed by atoms with Crippen molar-refractivity contribution < 1.29 is 0 Å². The highest BCUT2D eigenvalue weighted by molar-refractivity contribution is 5.00. The van der Waals surface area contributed by atoms with E-state index in [-0.39, 0.29) is 5.69 Å². The molecule has 0 atom stereocenters.